The van der Waals surface area contributed by atoms with Crippen molar-refractivity contribution in [2.45, 2.75) is 6.18 Å². The molecule has 3 amide bonds. The maximum absolute atomic E-state index is 12.7. The second-order valence-corrected chi connectivity index (χ2v) is 6.09. The number of pyridine rings is 2. The van der Waals surface area contributed by atoms with Crippen LogP contribution in [0.3, 0.4) is 0 Å². The van der Waals surface area contributed by atoms with Crippen LogP contribution >= 0.6 is 0 Å². The van der Waals surface area contributed by atoms with Crippen LogP contribution in [0.5, 0.6) is 11.5 Å². The van der Waals surface area contributed by atoms with Gasteiger partial charge in [0.2, 0.25) is 0 Å². The van der Waals surface area contributed by atoms with Crippen LogP contribution < -0.4 is 20.7 Å². The summed E-state index contributed by atoms with van der Waals surface area (Å²) < 4.78 is 43.9. The first-order valence-corrected chi connectivity index (χ1v) is 8.82. The summed E-state index contributed by atoms with van der Waals surface area (Å²) in [4.78, 5) is 31.3. The number of halogens is 3. The third kappa shape index (κ3) is 5.92. The molecule has 8 nitrogen and oxygen atoms in total. The van der Waals surface area contributed by atoms with E-state index in [1.807, 2.05) is 0 Å². The van der Waals surface area contributed by atoms with Crippen LogP contribution in [0.15, 0.2) is 60.9 Å². The number of rotatable bonds is 5. The zero-order chi connectivity index (χ0) is 22.4. The molecule has 3 aromatic rings. The maximum Gasteiger partial charge on any atom is 0.416 e. The number of nitrogens with zero attached hydrogens (tertiary/aromatic N) is 2. The number of carbonyl (C=O) groups is 2. The second kappa shape index (κ2) is 9.11. The second-order valence-electron chi connectivity index (χ2n) is 6.09. The summed E-state index contributed by atoms with van der Waals surface area (Å²) in [6.07, 6.45) is -2.15. The lowest BCUT2D eigenvalue weighted by Gasteiger charge is -2.11. The number of aromatic nitrogens is 2. The molecule has 0 saturated heterocycles. The van der Waals surface area contributed by atoms with E-state index < -0.39 is 17.8 Å². The van der Waals surface area contributed by atoms with Crippen LogP contribution in [0.2, 0.25) is 0 Å². The molecule has 0 radical (unpaired) electrons. The SMILES string of the molecule is CNC(=O)c1cc(Oc2ccc(NC(=O)Nc3cc(C(F)(F)F)ccn3)cc2)ccn1. The first kappa shape index (κ1) is 21.6. The Morgan fingerprint density at radius 3 is 2.29 bits per heavy atom. The van der Waals surface area contributed by atoms with Gasteiger partial charge < -0.3 is 15.4 Å². The minimum Gasteiger partial charge on any atom is -0.457 e. The highest BCUT2D eigenvalue weighted by molar-refractivity contribution is 5.99. The number of anilines is 2. The van der Waals surface area contributed by atoms with E-state index >= 15 is 0 Å². The lowest BCUT2D eigenvalue weighted by Crippen LogP contribution is -2.20. The minimum absolute atomic E-state index is 0.193. The molecule has 0 unspecified atom stereocenters. The summed E-state index contributed by atoms with van der Waals surface area (Å²) >= 11 is 0. The summed E-state index contributed by atoms with van der Waals surface area (Å²) in [7, 11) is 1.49. The average molecular weight is 431 g/mol. The molecule has 31 heavy (non-hydrogen) atoms. The van der Waals surface area contributed by atoms with Gasteiger partial charge in [0.1, 0.15) is 23.0 Å². The predicted octanol–water partition coefficient (Wildman–Crippen LogP) is 4.29. The van der Waals surface area contributed by atoms with Crippen molar-refractivity contribution in [3.05, 3.63) is 72.2 Å². The lowest BCUT2D eigenvalue weighted by atomic mass is 10.2. The number of hydrogen-bond acceptors (Lipinski definition) is 5. The quantitative estimate of drug-likeness (QED) is 0.559. The van der Waals surface area contributed by atoms with E-state index in [1.54, 1.807) is 18.2 Å². The minimum atomic E-state index is -4.54. The summed E-state index contributed by atoms with van der Waals surface area (Å²) in [5, 5.41) is 7.19. The van der Waals surface area contributed by atoms with Crippen molar-refractivity contribution in [1.29, 1.82) is 0 Å². The van der Waals surface area contributed by atoms with Gasteiger partial charge in [-0.15, -0.1) is 0 Å². The normalized spacial score (nSPS) is 10.8. The fourth-order valence-corrected chi connectivity index (χ4v) is 2.42. The highest BCUT2D eigenvalue weighted by Crippen LogP contribution is 2.30. The lowest BCUT2D eigenvalue weighted by molar-refractivity contribution is -0.137. The van der Waals surface area contributed by atoms with Gasteiger partial charge in [0, 0.05) is 31.2 Å². The Bertz CT molecular complexity index is 1090. The van der Waals surface area contributed by atoms with Crippen LogP contribution in [0.4, 0.5) is 29.5 Å². The molecule has 0 atom stereocenters. The molecule has 11 heteroatoms. The highest BCUT2D eigenvalue weighted by atomic mass is 19.4. The van der Waals surface area contributed by atoms with Crippen molar-refractivity contribution in [1.82, 2.24) is 15.3 Å². The molecule has 160 valence electrons. The van der Waals surface area contributed by atoms with Crippen molar-refractivity contribution < 1.29 is 27.5 Å². The molecule has 0 aliphatic carbocycles. The van der Waals surface area contributed by atoms with Crippen molar-refractivity contribution in [2.75, 3.05) is 17.7 Å². The van der Waals surface area contributed by atoms with Crippen molar-refractivity contribution >= 4 is 23.4 Å². The molecule has 0 spiro atoms. The van der Waals surface area contributed by atoms with Gasteiger partial charge in [-0.05, 0) is 42.5 Å². The average Bonchev–Trinajstić information content (AvgIpc) is 2.74. The summed E-state index contributed by atoms with van der Waals surface area (Å²) in [5.74, 6) is 0.227. The summed E-state index contributed by atoms with van der Waals surface area (Å²) in [6.45, 7) is 0. The summed E-state index contributed by atoms with van der Waals surface area (Å²) in [6, 6.07) is 10.0. The largest absolute Gasteiger partial charge is 0.457 e. The van der Waals surface area contributed by atoms with Gasteiger partial charge in [-0.2, -0.15) is 13.2 Å². The first-order chi connectivity index (χ1) is 14.7. The number of carbonyl (C=O) groups excluding carboxylic acids is 2. The van der Waals surface area contributed by atoms with E-state index in [0.717, 1.165) is 18.3 Å². The summed E-state index contributed by atoms with van der Waals surface area (Å²) in [5.41, 5.74) is -0.356. The van der Waals surface area contributed by atoms with Crippen LogP contribution in [0.25, 0.3) is 0 Å². The number of nitrogens with one attached hydrogen (secondary N) is 3. The molecule has 0 aliphatic heterocycles. The number of amides is 3. The highest BCUT2D eigenvalue weighted by Gasteiger charge is 2.30. The zero-order valence-corrected chi connectivity index (χ0v) is 16.0. The van der Waals surface area contributed by atoms with E-state index in [-0.39, 0.29) is 17.4 Å². The first-order valence-electron chi connectivity index (χ1n) is 8.82. The fourth-order valence-electron chi connectivity index (χ4n) is 2.42. The Kier molecular flexibility index (Phi) is 6.34. The van der Waals surface area contributed by atoms with E-state index in [2.05, 4.69) is 25.9 Å². The number of urea groups is 1. The predicted molar refractivity (Wildman–Crippen MR) is 106 cm³/mol. The van der Waals surface area contributed by atoms with Gasteiger partial charge in [0.05, 0.1) is 5.56 Å². The molecule has 0 aliphatic rings. The monoisotopic (exact) mass is 431 g/mol. The maximum atomic E-state index is 12.7. The molecule has 1 aromatic carbocycles. The molecular formula is C20H16F3N5O3. The Hall–Kier alpha value is -4.15. The Balaban J connectivity index is 1.61. The van der Waals surface area contributed by atoms with E-state index in [4.69, 9.17) is 4.74 Å². The Labute approximate surface area is 174 Å². The van der Waals surface area contributed by atoms with Gasteiger partial charge in [0.15, 0.2) is 0 Å². The van der Waals surface area contributed by atoms with Crippen LogP contribution in [0.1, 0.15) is 16.1 Å². The van der Waals surface area contributed by atoms with Crippen molar-refractivity contribution in [3.63, 3.8) is 0 Å². The van der Waals surface area contributed by atoms with E-state index in [1.165, 1.54) is 31.4 Å². The van der Waals surface area contributed by atoms with Crippen LogP contribution in [0, 0.1) is 0 Å². The molecule has 3 rings (SSSR count). The molecule has 2 heterocycles. The van der Waals surface area contributed by atoms with Crippen LogP contribution in [-0.4, -0.2) is 29.0 Å². The standard InChI is InChI=1S/C20H16F3N5O3/c1-24-18(29)16-11-15(7-9-25-16)31-14-4-2-13(3-5-14)27-19(30)28-17-10-12(6-8-26-17)20(21,22)23/h2-11H,1H3,(H,24,29)(H2,26,27,28,30). The number of alkyl halides is 3. The van der Waals surface area contributed by atoms with Gasteiger partial charge in [-0.1, -0.05) is 0 Å². The smallest absolute Gasteiger partial charge is 0.416 e. The van der Waals surface area contributed by atoms with E-state index in [9.17, 15) is 22.8 Å². The molecule has 0 fully saturated rings. The van der Waals surface area contributed by atoms with Crippen molar-refractivity contribution in [3.8, 4) is 11.5 Å². The molecule has 2 aromatic heterocycles. The number of ether oxygens (including phenoxy) is 1. The van der Waals surface area contributed by atoms with Gasteiger partial charge in [-0.3, -0.25) is 15.1 Å². The Morgan fingerprint density at radius 2 is 1.61 bits per heavy atom. The Morgan fingerprint density at radius 1 is 0.903 bits per heavy atom. The van der Waals surface area contributed by atoms with Gasteiger partial charge in [-0.25, -0.2) is 9.78 Å². The molecule has 0 bridgehead atoms. The number of benzene rings is 1. The van der Waals surface area contributed by atoms with E-state index in [0.29, 0.717) is 17.2 Å². The third-order valence-electron chi connectivity index (χ3n) is 3.87. The molecular weight excluding hydrogens is 415 g/mol. The third-order valence-corrected chi connectivity index (χ3v) is 3.87. The topological polar surface area (TPSA) is 105 Å². The molecule has 3 N–H and O–H groups in total. The van der Waals surface area contributed by atoms with Crippen molar-refractivity contribution in [2.24, 2.45) is 0 Å². The van der Waals surface area contributed by atoms with Crippen LogP contribution in [-0.2, 0) is 6.18 Å². The number of hydrogen-bond donors (Lipinski definition) is 3. The van der Waals surface area contributed by atoms with Gasteiger partial charge in [0.25, 0.3) is 5.91 Å². The zero-order valence-electron chi connectivity index (χ0n) is 16.0. The molecule has 0 saturated carbocycles. The fraction of sp³-hybridized carbons (Fsp3) is 0.100. The van der Waals surface area contributed by atoms with Gasteiger partial charge >= 0.3 is 12.2 Å².